The second-order valence-corrected chi connectivity index (χ2v) is 8.37. The van der Waals surface area contributed by atoms with Gasteiger partial charge in [0.1, 0.15) is 0 Å². The van der Waals surface area contributed by atoms with Crippen molar-refractivity contribution in [3.05, 3.63) is 66.7 Å². The third-order valence-electron chi connectivity index (χ3n) is 4.60. The highest BCUT2D eigenvalue weighted by atomic mass is 32.2. The van der Waals surface area contributed by atoms with Crippen LogP contribution in [0.25, 0.3) is 10.8 Å². The number of amides is 2. The molecule has 0 aliphatic carbocycles. The van der Waals surface area contributed by atoms with Crippen LogP contribution in [-0.4, -0.2) is 17.1 Å². The summed E-state index contributed by atoms with van der Waals surface area (Å²) in [5, 5.41) is 7.81. The molecule has 0 fully saturated rings. The first kappa shape index (κ1) is 20.9. The summed E-state index contributed by atoms with van der Waals surface area (Å²) in [5.74, 6) is -0.0283. The number of unbranched alkanes of at least 4 members (excludes halogenated alkanes) is 1. The lowest BCUT2D eigenvalue weighted by Crippen LogP contribution is -2.22. The maximum absolute atomic E-state index is 12.7. The minimum Gasteiger partial charge on any atom is -0.326 e. The van der Waals surface area contributed by atoms with Crippen LogP contribution in [0, 0.1) is 0 Å². The Morgan fingerprint density at radius 3 is 2.55 bits per heavy atom. The lowest BCUT2D eigenvalue weighted by molar-refractivity contribution is -0.116. The number of carbonyl (C=O) groups excluding carboxylic acids is 2. The van der Waals surface area contributed by atoms with E-state index in [0.29, 0.717) is 6.42 Å². The fraction of sp³-hybridized carbons (Fsp3) is 0.250. The van der Waals surface area contributed by atoms with Gasteiger partial charge < -0.3 is 10.6 Å². The SMILES string of the molecule is CCCCC(=O)Nc1cccc(SC(C)C(=O)Nc2cccc3ccccc23)c1. The van der Waals surface area contributed by atoms with E-state index in [1.807, 2.05) is 73.7 Å². The zero-order valence-corrected chi connectivity index (χ0v) is 17.6. The van der Waals surface area contributed by atoms with Crippen molar-refractivity contribution in [3.63, 3.8) is 0 Å². The van der Waals surface area contributed by atoms with E-state index in [1.165, 1.54) is 11.8 Å². The molecule has 0 aliphatic heterocycles. The van der Waals surface area contributed by atoms with Crippen molar-refractivity contribution in [1.29, 1.82) is 0 Å². The van der Waals surface area contributed by atoms with E-state index >= 15 is 0 Å². The van der Waals surface area contributed by atoms with Gasteiger partial charge in [0.25, 0.3) is 0 Å². The smallest absolute Gasteiger partial charge is 0.237 e. The van der Waals surface area contributed by atoms with Crippen LogP contribution in [0.1, 0.15) is 33.1 Å². The number of thioether (sulfide) groups is 1. The third-order valence-corrected chi connectivity index (χ3v) is 5.70. The first-order valence-corrected chi connectivity index (χ1v) is 10.8. The fourth-order valence-corrected chi connectivity index (χ4v) is 3.96. The average molecular weight is 407 g/mol. The molecule has 0 saturated carbocycles. The first-order chi connectivity index (χ1) is 14.1. The molecule has 2 N–H and O–H groups in total. The lowest BCUT2D eigenvalue weighted by atomic mass is 10.1. The Morgan fingerprint density at radius 2 is 1.72 bits per heavy atom. The van der Waals surface area contributed by atoms with E-state index < -0.39 is 0 Å². The highest BCUT2D eigenvalue weighted by molar-refractivity contribution is 8.00. The maximum atomic E-state index is 12.7. The standard InChI is InChI=1S/C24H26N2O2S/c1-3-4-15-23(27)25-19-11-8-12-20(16-19)29-17(2)24(28)26-22-14-7-10-18-9-5-6-13-21(18)22/h5-14,16-17H,3-4,15H2,1-2H3,(H,25,27)(H,26,28). The van der Waals surface area contributed by atoms with Gasteiger partial charge in [-0.15, -0.1) is 11.8 Å². The van der Waals surface area contributed by atoms with E-state index in [9.17, 15) is 9.59 Å². The van der Waals surface area contributed by atoms with Gasteiger partial charge in [-0.05, 0) is 43.0 Å². The van der Waals surface area contributed by atoms with Crippen molar-refractivity contribution in [2.75, 3.05) is 10.6 Å². The lowest BCUT2D eigenvalue weighted by Gasteiger charge is -2.14. The van der Waals surface area contributed by atoms with Gasteiger partial charge >= 0.3 is 0 Å². The number of benzene rings is 3. The molecule has 0 aliphatic rings. The summed E-state index contributed by atoms with van der Waals surface area (Å²) < 4.78 is 0. The predicted molar refractivity (Wildman–Crippen MR) is 122 cm³/mol. The summed E-state index contributed by atoms with van der Waals surface area (Å²) in [5.41, 5.74) is 1.58. The van der Waals surface area contributed by atoms with Crippen LogP contribution in [0.3, 0.4) is 0 Å². The number of hydrogen-bond acceptors (Lipinski definition) is 3. The molecule has 3 rings (SSSR count). The van der Waals surface area contributed by atoms with Gasteiger partial charge in [-0.25, -0.2) is 0 Å². The second-order valence-electron chi connectivity index (χ2n) is 6.96. The van der Waals surface area contributed by atoms with Crippen LogP contribution in [0.5, 0.6) is 0 Å². The third kappa shape index (κ3) is 5.84. The molecule has 2 amide bonds. The fourth-order valence-electron chi connectivity index (χ4n) is 3.03. The number of rotatable bonds is 8. The minimum atomic E-state index is -0.278. The van der Waals surface area contributed by atoms with Crippen molar-refractivity contribution >= 4 is 45.7 Å². The number of nitrogens with one attached hydrogen (secondary N) is 2. The topological polar surface area (TPSA) is 58.2 Å². The molecule has 0 bridgehead atoms. The summed E-state index contributed by atoms with van der Waals surface area (Å²) in [4.78, 5) is 25.6. The summed E-state index contributed by atoms with van der Waals surface area (Å²) in [6.07, 6.45) is 2.40. The average Bonchev–Trinajstić information content (AvgIpc) is 2.72. The van der Waals surface area contributed by atoms with Crippen molar-refractivity contribution < 1.29 is 9.59 Å². The van der Waals surface area contributed by atoms with Gasteiger partial charge in [-0.2, -0.15) is 0 Å². The highest BCUT2D eigenvalue weighted by Crippen LogP contribution is 2.28. The quantitative estimate of drug-likeness (QED) is 0.445. The Bertz CT molecular complexity index is 998. The second kappa shape index (κ2) is 10.1. The Labute approximate surface area is 176 Å². The van der Waals surface area contributed by atoms with Gasteiger partial charge in [0.05, 0.1) is 5.25 Å². The molecule has 4 nitrogen and oxygen atoms in total. The Morgan fingerprint density at radius 1 is 0.966 bits per heavy atom. The zero-order chi connectivity index (χ0) is 20.6. The number of fused-ring (bicyclic) bond motifs is 1. The normalized spacial score (nSPS) is 11.8. The summed E-state index contributed by atoms with van der Waals surface area (Å²) in [6.45, 7) is 3.95. The van der Waals surface area contributed by atoms with Crippen LogP contribution >= 0.6 is 11.8 Å². The predicted octanol–water partition coefficient (Wildman–Crippen LogP) is 6.09. The van der Waals surface area contributed by atoms with E-state index in [4.69, 9.17) is 0 Å². The number of hydrogen-bond donors (Lipinski definition) is 2. The van der Waals surface area contributed by atoms with Crippen molar-refractivity contribution in [2.24, 2.45) is 0 Å². The van der Waals surface area contributed by atoms with Crippen LogP contribution in [-0.2, 0) is 9.59 Å². The molecular weight excluding hydrogens is 380 g/mol. The van der Waals surface area contributed by atoms with Crippen LogP contribution < -0.4 is 10.6 Å². The van der Waals surface area contributed by atoms with Crippen molar-refractivity contribution in [1.82, 2.24) is 0 Å². The van der Waals surface area contributed by atoms with Crippen molar-refractivity contribution in [2.45, 2.75) is 43.3 Å². The number of carbonyl (C=O) groups is 2. The molecule has 1 atom stereocenters. The van der Waals surface area contributed by atoms with Crippen molar-refractivity contribution in [3.8, 4) is 0 Å². The minimum absolute atomic E-state index is 0.0238. The Balaban J connectivity index is 1.63. The first-order valence-electron chi connectivity index (χ1n) is 9.92. The van der Waals surface area contributed by atoms with Crippen LogP contribution in [0.4, 0.5) is 11.4 Å². The molecule has 0 aromatic heterocycles. The molecular formula is C24H26N2O2S. The van der Waals surface area contributed by atoms with Crippen LogP contribution in [0.15, 0.2) is 71.6 Å². The Hall–Kier alpha value is -2.79. The van der Waals surface area contributed by atoms with Gasteiger partial charge in [-0.1, -0.05) is 55.8 Å². The molecule has 0 saturated heterocycles. The highest BCUT2D eigenvalue weighted by Gasteiger charge is 2.16. The molecule has 3 aromatic rings. The molecule has 0 spiro atoms. The van der Waals surface area contributed by atoms with Gasteiger partial charge in [0.2, 0.25) is 11.8 Å². The summed E-state index contributed by atoms with van der Waals surface area (Å²) in [7, 11) is 0. The molecule has 150 valence electrons. The zero-order valence-electron chi connectivity index (χ0n) is 16.8. The largest absolute Gasteiger partial charge is 0.326 e. The molecule has 5 heteroatoms. The molecule has 0 heterocycles. The van der Waals surface area contributed by atoms with Crippen LogP contribution in [0.2, 0.25) is 0 Å². The summed E-state index contributed by atoms with van der Waals surface area (Å²) in [6, 6.07) is 21.5. The summed E-state index contributed by atoms with van der Waals surface area (Å²) >= 11 is 1.47. The van der Waals surface area contributed by atoms with E-state index in [1.54, 1.807) is 0 Å². The van der Waals surface area contributed by atoms with Gasteiger partial charge in [0, 0.05) is 28.1 Å². The molecule has 3 aromatic carbocycles. The van der Waals surface area contributed by atoms with E-state index in [0.717, 1.165) is 39.9 Å². The number of anilines is 2. The molecule has 0 radical (unpaired) electrons. The van der Waals surface area contributed by atoms with Gasteiger partial charge in [0.15, 0.2) is 0 Å². The van der Waals surface area contributed by atoms with E-state index in [2.05, 4.69) is 17.6 Å². The van der Waals surface area contributed by atoms with Gasteiger partial charge in [-0.3, -0.25) is 9.59 Å². The monoisotopic (exact) mass is 406 g/mol. The van der Waals surface area contributed by atoms with E-state index in [-0.39, 0.29) is 17.1 Å². The maximum Gasteiger partial charge on any atom is 0.237 e. The molecule has 1 unspecified atom stereocenters. The Kier molecular flexibility index (Phi) is 7.30. The molecule has 29 heavy (non-hydrogen) atoms.